The molecule has 0 saturated carbocycles. The van der Waals surface area contributed by atoms with Gasteiger partial charge in [-0.15, -0.1) is 11.6 Å². The summed E-state index contributed by atoms with van der Waals surface area (Å²) in [7, 11) is 0. The predicted octanol–water partition coefficient (Wildman–Crippen LogP) is 5.19. The molecule has 3 nitrogen and oxygen atoms in total. The highest BCUT2D eigenvalue weighted by atomic mass is 35.5. The largest absolute Gasteiger partial charge is 0.345 e. The van der Waals surface area contributed by atoms with Gasteiger partial charge in [-0.3, -0.25) is 4.79 Å². The highest BCUT2D eigenvalue weighted by Crippen LogP contribution is 2.19. The van der Waals surface area contributed by atoms with E-state index in [1.807, 2.05) is 35.4 Å². The van der Waals surface area contributed by atoms with Crippen LogP contribution in [0.2, 0.25) is 5.02 Å². The molecule has 0 aliphatic carbocycles. The van der Waals surface area contributed by atoms with Crippen LogP contribution in [-0.4, -0.2) is 26.8 Å². The highest BCUT2D eigenvalue weighted by Gasteiger charge is 2.26. The number of aromatic nitrogens is 1. The molecule has 1 heterocycles. The minimum absolute atomic E-state index is 0.0293. The highest BCUT2D eigenvalue weighted by molar-refractivity contribution is 6.30. The lowest BCUT2D eigenvalue weighted by atomic mass is 10.0. The number of benzene rings is 1. The van der Waals surface area contributed by atoms with Gasteiger partial charge in [-0.25, -0.2) is 0 Å². The maximum Gasteiger partial charge on any atom is 0.240 e. The van der Waals surface area contributed by atoms with E-state index < -0.39 is 5.38 Å². The van der Waals surface area contributed by atoms with E-state index in [4.69, 9.17) is 23.2 Å². The van der Waals surface area contributed by atoms with Crippen LogP contribution in [0.1, 0.15) is 39.0 Å². The van der Waals surface area contributed by atoms with Crippen LogP contribution in [0.5, 0.6) is 0 Å². The van der Waals surface area contributed by atoms with Gasteiger partial charge in [0.05, 0.1) is 6.54 Å². The molecule has 0 fully saturated rings. The lowest BCUT2D eigenvalue weighted by Gasteiger charge is -2.33. The fourth-order valence-electron chi connectivity index (χ4n) is 2.76. The fourth-order valence-corrected chi connectivity index (χ4v) is 3.10. The molecule has 0 aliphatic rings. The molecule has 0 aliphatic heterocycles. The van der Waals surface area contributed by atoms with E-state index in [1.165, 1.54) is 0 Å². The summed E-state index contributed by atoms with van der Waals surface area (Å²) in [4.78, 5) is 14.5. The maximum atomic E-state index is 12.6. The zero-order valence-electron chi connectivity index (χ0n) is 15.2. The summed E-state index contributed by atoms with van der Waals surface area (Å²) in [6, 6.07) is 12.0. The molecular formula is C20H26Cl2N2O. The number of amides is 1. The van der Waals surface area contributed by atoms with E-state index in [1.54, 1.807) is 6.92 Å². The van der Waals surface area contributed by atoms with Crippen LogP contribution >= 0.6 is 23.2 Å². The van der Waals surface area contributed by atoms with Crippen molar-refractivity contribution in [2.45, 2.75) is 52.2 Å². The molecule has 2 rings (SSSR count). The first-order valence-electron chi connectivity index (χ1n) is 8.62. The number of hydrogen-bond acceptors (Lipinski definition) is 1. The van der Waals surface area contributed by atoms with Gasteiger partial charge < -0.3 is 9.47 Å². The van der Waals surface area contributed by atoms with Crippen molar-refractivity contribution in [3.8, 4) is 0 Å². The van der Waals surface area contributed by atoms with Gasteiger partial charge in [0, 0.05) is 29.5 Å². The molecule has 136 valence electrons. The van der Waals surface area contributed by atoms with E-state index in [0.717, 1.165) is 22.8 Å². The first-order chi connectivity index (χ1) is 11.8. The number of carbonyl (C=O) groups excluding carboxylic acids is 1. The quantitative estimate of drug-likeness (QED) is 0.606. The van der Waals surface area contributed by atoms with Gasteiger partial charge in [-0.2, -0.15) is 0 Å². The Bertz CT molecular complexity index is 709. The summed E-state index contributed by atoms with van der Waals surface area (Å²) in [5.74, 6) is 0.328. The summed E-state index contributed by atoms with van der Waals surface area (Å²) in [6.07, 6.45) is 2.03. The van der Waals surface area contributed by atoms with Crippen LogP contribution < -0.4 is 0 Å². The smallest absolute Gasteiger partial charge is 0.240 e. The van der Waals surface area contributed by atoms with E-state index in [9.17, 15) is 4.79 Å². The summed E-state index contributed by atoms with van der Waals surface area (Å²) in [5.41, 5.74) is 2.21. The van der Waals surface area contributed by atoms with Crippen LogP contribution in [0.15, 0.2) is 42.6 Å². The minimum atomic E-state index is -0.530. The Morgan fingerprint density at radius 3 is 2.48 bits per heavy atom. The lowest BCUT2D eigenvalue weighted by Crippen LogP contribution is -2.44. The molecular weight excluding hydrogens is 355 g/mol. The molecule has 0 N–H and O–H groups in total. The molecule has 0 bridgehead atoms. The molecule has 2 atom stereocenters. The van der Waals surface area contributed by atoms with Crippen molar-refractivity contribution < 1.29 is 4.79 Å². The molecule has 1 aromatic heterocycles. The SMILES string of the molecule is CC(C)[C@@H](C)N(Cc1cccn1Cc1cccc(Cl)c1)C(=O)[C@H](C)Cl. The van der Waals surface area contributed by atoms with Crippen molar-refractivity contribution in [1.82, 2.24) is 9.47 Å². The molecule has 1 aromatic carbocycles. The zero-order valence-corrected chi connectivity index (χ0v) is 16.8. The monoisotopic (exact) mass is 380 g/mol. The van der Waals surface area contributed by atoms with E-state index >= 15 is 0 Å². The van der Waals surface area contributed by atoms with Gasteiger partial charge in [0.1, 0.15) is 5.38 Å². The molecule has 0 unspecified atom stereocenters. The Morgan fingerprint density at radius 1 is 1.16 bits per heavy atom. The average molecular weight is 381 g/mol. The zero-order chi connectivity index (χ0) is 18.6. The van der Waals surface area contributed by atoms with Crippen molar-refractivity contribution in [3.05, 3.63) is 58.9 Å². The molecule has 0 spiro atoms. The molecule has 2 aromatic rings. The lowest BCUT2D eigenvalue weighted by molar-refractivity contribution is -0.134. The summed E-state index contributed by atoms with van der Waals surface area (Å²) in [6.45, 7) is 9.31. The second kappa shape index (κ2) is 8.77. The summed E-state index contributed by atoms with van der Waals surface area (Å²) in [5, 5.41) is 0.199. The third-order valence-corrected chi connectivity index (χ3v) is 5.00. The first kappa shape index (κ1) is 19.9. The Kier molecular flexibility index (Phi) is 6.97. The van der Waals surface area contributed by atoms with Crippen LogP contribution in [-0.2, 0) is 17.9 Å². The number of rotatable bonds is 7. The predicted molar refractivity (Wildman–Crippen MR) is 105 cm³/mol. The van der Waals surface area contributed by atoms with Gasteiger partial charge in [-0.05, 0) is 49.6 Å². The molecule has 25 heavy (non-hydrogen) atoms. The van der Waals surface area contributed by atoms with E-state index in [2.05, 4.69) is 37.5 Å². The van der Waals surface area contributed by atoms with Crippen molar-refractivity contribution >= 4 is 29.1 Å². The Balaban J connectivity index is 2.23. The number of carbonyl (C=O) groups is 1. The summed E-state index contributed by atoms with van der Waals surface area (Å²) < 4.78 is 2.15. The summed E-state index contributed by atoms with van der Waals surface area (Å²) >= 11 is 12.2. The van der Waals surface area contributed by atoms with Crippen LogP contribution in [0, 0.1) is 5.92 Å². The fraction of sp³-hybridized carbons (Fsp3) is 0.450. The van der Waals surface area contributed by atoms with Gasteiger partial charge >= 0.3 is 0 Å². The first-order valence-corrected chi connectivity index (χ1v) is 9.44. The van der Waals surface area contributed by atoms with Crippen molar-refractivity contribution in [2.24, 2.45) is 5.92 Å². The second-order valence-electron chi connectivity index (χ2n) is 6.82. The van der Waals surface area contributed by atoms with Crippen molar-refractivity contribution in [1.29, 1.82) is 0 Å². The second-order valence-corrected chi connectivity index (χ2v) is 7.92. The number of alkyl halides is 1. The number of hydrogen-bond donors (Lipinski definition) is 0. The average Bonchev–Trinajstić information content (AvgIpc) is 2.98. The minimum Gasteiger partial charge on any atom is -0.345 e. The van der Waals surface area contributed by atoms with E-state index in [0.29, 0.717) is 12.5 Å². The number of nitrogens with zero attached hydrogens (tertiary/aromatic N) is 2. The molecule has 0 saturated heterocycles. The van der Waals surface area contributed by atoms with Gasteiger partial charge in [0.15, 0.2) is 0 Å². The molecule has 0 radical (unpaired) electrons. The Morgan fingerprint density at radius 2 is 1.88 bits per heavy atom. The molecule has 1 amide bonds. The van der Waals surface area contributed by atoms with Gasteiger partial charge in [0.2, 0.25) is 5.91 Å². The normalized spacial score (nSPS) is 13.7. The Hall–Kier alpha value is -1.45. The topological polar surface area (TPSA) is 25.2 Å². The third kappa shape index (κ3) is 5.26. The Labute approximate surface area is 160 Å². The number of halogens is 2. The van der Waals surface area contributed by atoms with E-state index in [-0.39, 0.29) is 11.9 Å². The van der Waals surface area contributed by atoms with Crippen LogP contribution in [0.3, 0.4) is 0 Å². The van der Waals surface area contributed by atoms with Crippen molar-refractivity contribution in [2.75, 3.05) is 0 Å². The maximum absolute atomic E-state index is 12.6. The standard InChI is InChI=1S/C20H26Cl2N2O/c1-14(2)16(4)24(20(25)15(3)21)13-19-9-6-10-23(19)12-17-7-5-8-18(22)11-17/h5-11,14-16H,12-13H2,1-4H3/t15-,16+/m0/s1. The van der Waals surface area contributed by atoms with Gasteiger partial charge in [0.25, 0.3) is 0 Å². The van der Waals surface area contributed by atoms with Gasteiger partial charge in [-0.1, -0.05) is 37.6 Å². The van der Waals surface area contributed by atoms with Crippen LogP contribution in [0.25, 0.3) is 0 Å². The van der Waals surface area contributed by atoms with Crippen molar-refractivity contribution in [3.63, 3.8) is 0 Å². The molecule has 5 heteroatoms. The van der Waals surface area contributed by atoms with Crippen LogP contribution in [0.4, 0.5) is 0 Å². The third-order valence-electron chi connectivity index (χ3n) is 4.58.